The maximum atomic E-state index is 13.1. The molecule has 3 rings (SSSR count). The van der Waals surface area contributed by atoms with Crippen molar-refractivity contribution in [2.24, 2.45) is 5.16 Å². The average molecular weight is 372 g/mol. The number of fused-ring (bicyclic) bond motifs is 1. The summed E-state index contributed by atoms with van der Waals surface area (Å²) < 4.78 is 23.8. The normalized spacial score (nSPS) is 18.5. The molecule has 2 aromatic rings. The van der Waals surface area contributed by atoms with E-state index in [9.17, 15) is 4.57 Å². The second-order valence-corrected chi connectivity index (χ2v) is 8.23. The minimum atomic E-state index is -3.48. The Balaban J connectivity index is 1.95. The zero-order chi connectivity index (χ0) is 18.4. The van der Waals surface area contributed by atoms with Gasteiger partial charge in [0.25, 0.3) is 0 Å². The summed E-state index contributed by atoms with van der Waals surface area (Å²) in [7, 11) is -2.09. The van der Waals surface area contributed by atoms with Crippen molar-refractivity contribution in [1.29, 1.82) is 0 Å². The molecular formula is C20H25N2O3P. The highest BCUT2D eigenvalue weighted by Gasteiger charge is 2.28. The zero-order valence-corrected chi connectivity index (χ0v) is 16.2. The SMILES string of the molecule is CCN1CCCC/C(=N\OP(=O)(OC)c2ccccc2)c2ccccc21. The van der Waals surface area contributed by atoms with Crippen LogP contribution in [0, 0.1) is 0 Å². The van der Waals surface area contributed by atoms with Gasteiger partial charge in [0.1, 0.15) is 0 Å². The molecule has 1 unspecified atom stereocenters. The number of benzene rings is 2. The van der Waals surface area contributed by atoms with Crippen molar-refractivity contribution >= 4 is 24.3 Å². The summed E-state index contributed by atoms with van der Waals surface area (Å²) in [6.07, 6.45) is 2.88. The van der Waals surface area contributed by atoms with Gasteiger partial charge in [-0.1, -0.05) is 41.6 Å². The minimum absolute atomic E-state index is 0.501. The molecule has 0 saturated carbocycles. The van der Waals surface area contributed by atoms with Crippen LogP contribution in [0.25, 0.3) is 0 Å². The van der Waals surface area contributed by atoms with Gasteiger partial charge in [-0.15, -0.1) is 0 Å². The van der Waals surface area contributed by atoms with Crippen LogP contribution in [0.4, 0.5) is 5.69 Å². The predicted octanol–water partition coefficient (Wildman–Crippen LogP) is 4.58. The van der Waals surface area contributed by atoms with Crippen LogP contribution in [0.1, 0.15) is 31.7 Å². The highest BCUT2D eigenvalue weighted by atomic mass is 31.2. The van der Waals surface area contributed by atoms with Gasteiger partial charge < -0.3 is 9.52 Å². The van der Waals surface area contributed by atoms with Crippen LogP contribution < -0.4 is 10.2 Å². The Morgan fingerprint density at radius 2 is 1.81 bits per heavy atom. The molecule has 0 aliphatic carbocycles. The first-order valence-electron chi connectivity index (χ1n) is 8.99. The summed E-state index contributed by atoms with van der Waals surface area (Å²) in [6.45, 7) is 4.12. The number of nitrogens with zero attached hydrogens (tertiary/aromatic N) is 2. The van der Waals surface area contributed by atoms with Crippen molar-refractivity contribution in [2.75, 3.05) is 25.1 Å². The molecule has 1 aliphatic rings. The molecule has 0 fully saturated rings. The first kappa shape index (κ1) is 18.7. The fourth-order valence-corrected chi connectivity index (χ4v) is 4.28. The molecule has 1 aliphatic heterocycles. The summed E-state index contributed by atoms with van der Waals surface area (Å²) in [4.78, 5) is 2.34. The van der Waals surface area contributed by atoms with Crippen molar-refractivity contribution < 1.29 is 13.7 Å². The average Bonchev–Trinajstić information content (AvgIpc) is 2.69. The van der Waals surface area contributed by atoms with Crippen LogP contribution >= 0.6 is 7.60 Å². The predicted molar refractivity (Wildman–Crippen MR) is 106 cm³/mol. The van der Waals surface area contributed by atoms with Crippen LogP contribution in [0.15, 0.2) is 59.8 Å². The Bertz CT molecular complexity index is 808. The maximum absolute atomic E-state index is 13.1. The van der Waals surface area contributed by atoms with E-state index in [-0.39, 0.29) is 0 Å². The van der Waals surface area contributed by atoms with E-state index in [1.165, 1.54) is 7.11 Å². The molecule has 26 heavy (non-hydrogen) atoms. The minimum Gasteiger partial charge on any atom is -0.371 e. The fraction of sp³-hybridized carbons (Fsp3) is 0.350. The second-order valence-electron chi connectivity index (χ2n) is 6.19. The summed E-state index contributed by atoms with van der Waals surface area (Å²) >= 11 is 0. The van der Waals surface area contributed by atoms with Crippen LogP contribution in [0.5, 0.6) is 0 Å². The Kier molecular flexibility index (Phi) is 6.12. The molecule has 0 bridgehead atoms. The van der Waals surface area contributed by atoms with Crippen molar-refractivity contribution in [3.05, 3.63) is 60.2 Å². The Hall–Kier alpha value is -2.10. The van der Waals surface area contributed by atoms with Gasteiger partial charge >= 0.3 is 7.60 Å². The van der Waals surface area contributed by atoms with Crippen molar-refractivity contribution in [1.82, 2.24) is 0 Å². The lowest BCUT2D eigenvalue weighted by molar-refractivity contribution is 0.253. The van der Waals surface area contributed by atoms with Crippen molar-refractivity contribution in [2.45, 2.75) is 26.2 Å². The smallest absolute Gasteiger partial charge is 0.371 e. The van der Waals surface area contributed by atoms with Gasteiger partial charge in [0.15, 0.2) is 0 Å². The first-order chi connectivity index (χ1) is 12.7. The number of anilines is 1. The summed E-state index contributed by atoms with van der Waals surface area (Å²) in [5.74, 6) is 0. The lowest BCUT2D eigenvalue weighted by Crippen LogP contribution is -2.27. The lowest BCUT2D eigenvalue weighted by Gasteiger charge is -2.28. The van der Waals surface area contributed by atoms with Gasteiger partial charge in [-0.05, 0) is 44.4 Å². The van der Waals surface area contributed by atoms with Gasteiger partial charge in [0, 0.05) is 31.5 Å². The van der Waals surface area contributed by atoms with Crippen molar-refractivity contribution in [3.63, 3.8) is 0 Å². The summed E-state index contributed by atoms with van der Waals surface area (Å²) in [6, 6.07) is 17.1. The molecule has 0 amide bonds. The highest BCUT2D eigenvalue weighted by molar-refractivity contribution is 7.62. The Morgan fingerprint density at radius 1 is 1.08 bits per heavy atom. The molecule has 138 valence electrons. The third kappa shape index (κ3) is 4.00. The van der Waals surface area contributed by atoms with E-state index in [1.54, 1.807) is 12.1 Å². The van der Waals surface area contributed by atoms with E-state index >= 15 is 0 Å². The summed E-state index contributed by atoms with van der Waals surface area (Å²) in [5.41, 5.74) is 2.99. The first-order valence-corrected chi connectivity index (χ1v) is 10.5. The second kappa shape index (κ2) is 8.52. The quantitative estimate of drug-likeness (QED) is 0.569. The summed E-state index contributed by atoms with van der Waals surface area (Å²) in [5, 5.41) is 4.82. The molecule has 6 heteroatoms. The van der Waals surface area contributed by atoms with Crippen LogP contribution in [0.3, 0.4) is 0 Å². The van der Waals surface area contributed by atoms with E-state index < -0.39 is 7.60 Å². The molecular weight excluding hydrogens is 347 g/mol. The molecule has 5 nitrogen and oxygen atoms in total. The molecule has 1 atom stereocenters. The molecule has 0 spiro atoms. The number of rotatable bonds is 5. The number of para-hydroxylation sites is 1. The van der Waals surface area contributed by atoms with Gasteiger partial charge in [-0.2, -0.15) is 0 Å². The molecule has 0 saturated heterocycles. The van der Waals surface area contributed by atoms with Gasteiger partial charge in [0.05, 0.1) is 11.0 Å². The van der Waals surface area contributed by atoms with E-state index in [2.05, 4.69) is 23.0 Å². The van der Waals surface area contributed by atoms with Crippen LogP contribution in [-0.2, 0) is 13.7 Å². The Labute approximate surface area is 155 Å². The fourth-order valence-electron chi connectivity index (χ4n) is 3.17. The maximum Gasteiger partial charge on any atom is 0.430 e. The van der Waals surface area contributed by atoms with E-state index in [0.717, 1.165) is 49.3 Å². The van der Waals surface area contributed by atoms with Gasteiger partial charge in [-0.3, -0.25) is 4.52 Å². The molecule has 0 N–H and O–H groups in total. The highest BCUT2D eigenvalue weighted by Crippen LogP contribution is 2.46. The number of hydrogen-bond acceptors (Lipinski definition) is 5. The van der Waals surface area contributed by atoms with E-state index in [4.69, 9.17) is 9.15 Å². The standard InChI is InChI=1S/C20H25N2O3P/c1-3-22-16-10-9-14-19(18-13-7-8-15-20(18)22)21-25-26(23,24-2)17-11-5-4-6-12-17/h4-8,11-13,15H,3,9-10,14,16H2,1-2H3/b21-19+. The van der Waals surface area contributed by atoms with E-state index in [0.29, 0.717) is 5.30 Å². The van der Waals surface area contributed by atoms with Crippen LogP contribution in [-0.4, -0.2) is 25.9 Å². The molecule has 0 radical (unpaired) electrons. The molecule has 2 aromatic carbocycles. The number of hydrogen-bond donors (Lipinski definition) is 0. The third-order valence-corrected chi connectivity index (χ3v) is 6.31. The number of oxime groups is 1. The molecule has 1 heterocycles. The lowest BCUT2D eigenvalue weighted by atomic mass is 9.99. The van der Waals surface area contributed by atoms with Crippen molar-refractivity contribution in [3.8, 4) is 0 Å². The molecule has 0 aromatic heterocycles. The van der Waals surface area contributed by atoms with Gasteiger partial charge in [-0.25, -0.2) is 4.57 Å². The van der Waals surface area contributed by atoms with Crippen LogP contribution in [0.2, 0.25) is 0 Å². The zero-order valence-electron chi connectivity index (χ0n) is 15.3. The Morgan fingerprint density at radius 3 is 2.54 bits per heavy atom. The monoisotopic (exact) mass is 372 g/mol. The third-order valence-electron chi connectivity index (χ3n) is 4.60. The largest absolute Gasteiger partial charge is 0.430 e. The van der Waals surface area contributed by atoms with Gasteiger partial charge in [0.2, 0.25) is 0 Å². The van der Waals surface area contributed by atoms with E-state index in [1.807, 2.05) is 36.4 Å². The topological polar surface area (TPSA) is 51.1 Å².